The topological polar surface area (TPSA) is 105 Å². The van der Waals surface area contributed by atoms with E-state index in [1.54, 1.807) is 30.9 Å². The maximum Gasteiger partial charge on any atom is 0.265 e. The Morgan fingerprint density at radius 2 is 1.88 bits per heavy atom. The van der Waals surface area contributed by atoms with E-state index >= 15 is 0 Å². The first-order valence-corrected chi connectivity index (χ1v) is 12.2. The summed E-state index contributed by atoms with van der Waals surface area (Å²) in [4.78, 5) is 26.1. The molecule has 0 saturated carbocycles. The minimum atomic E-state index is -3.79. The van der Waals surface area contributed by atoms with Crippen LogP contribution >= 0.6 is 0 Å². The van der Waals surface area contributed by atoms with Gasteiger partial charge in [-0.25, -0.2) is 8.42 Å². The molecule has 1 N–H and O–H groups in total. The van der Waals surface area contributed by atoms with E-state index in [4.69, 9.17) is 9.47 Å². The lowest BCUT2D eigenvalue weighted by Crippen LogP contribution is -2.51. The molecule has 9 nitrogen and oxygen atoms in total. The quantitative estimate of drug-likeness (QED) is 0.712. The summed E-state index contributed by atoms with van der Waals surface area (Å²) in [6.07, 6.45) is -0.702. The molecule has 1 atom stereocenters. The molecule has 0 unspecified atom stereocenters. The normalized spacial score (nSPS) is 18.8. The number of benzene rings is 2. The molecule has 2 heterocycles. The highest BCUT2D eigenvalue weighted by atomic mass is 32.2. The van der Waals surface area contributed by atoms with Crippen molar-refractivity contribution >= 4 is 27.5 Å². The summed E-state index contributed by atoms with van der Waals surface area (Å²) in [5.74, 6) is 0.495. The third kappa shape index (κ3) is 4.81. The van der Waals surface area contributed by atoms with Gasteiger partial charge in [0.1, 0.15) is 11.5 Å². The first-order valence-electron chi connectivity index (χ1n) is 10.7. The van der Waals surface area contributed by atoms with Crippen molar-refractivity contribution in [3.63, 3.8) is 0 Å². The zero-order valence-electron chi connectivity index (χ0n) is 18.8. The Bertz CT molecular complexity index is 1190. The summed E-state index contributed by atoms with van der Waals surface area (Å²) in [5.41, 5.74) is 2.01. The smallest absolute Gasteiger partial charge is 0.265 e. The second-order valence-corrected chi connectivity index (χ2v) is 10.2. The molecule has 1 saturated heterocycles. The number of rotatable bonds is 5. The van der Waals surface area contributed by atoms with Gasteiger partial charge in [0.15, 0.2) is 12.7 Å². The second-order valence-electron chi connectivity index (χ2n) is 8.25. The molecule has 0 radical (unpaired) electrons. The van der Waals surface area contributed by atoms with Gasteiger partial charge in [0.2, 0.25) is 10.0 Å². The number of aryl methyl sites for hydroxylation is 2. The molecule has 2 aliphatic rings. The zero-order valence-corrected chi connectivity index (χ0v) is 19.6. The molecule has 0 aromatic heterocycles. The van der Waals surface area contributed by atoms with Gasteiger partial charge in [0.25, 0.3) is 11.8 Å². The average Bonchev–Trinajstić information content (AvgIpc) is 2.78. The van der Waals surface area contributed by atoms with E-state index in [1.807, 2.05) is 25.1 Å². The number of hydrogen-bond donors (Lipinski definition) is 1. The largest absolute Gasteiger partial charge is 0.484 e. The lowest BCUT2D eigenvalue weighted by molar-refractivity contribution is -0.134. The number of carbonyl (C=O) groups excluding carboxylic acids is 2. The number of hydrogen-bond acceptors (Lipinski definition) is 6. The Labute approximate surface area is 193 Å². The van der Waals surface area contributed by atoms with Gasteiger partial charge in [-0.1, -0.05) is 12.1 Å². The Kier molecular flexibility index (Phi) is 6.31. The Balaban J connectivity index is 1.40. The van der Waals surface area contributed by atoms with Crippen LogP contribution in [0, 0.1) is 13.8 Å². The summed E-state index contributed by atoms with van der Waals surface area (Å²) in [7, 11) is -3.79. The van der Waals surface area contributed by atoms with Crippen LogP contribution in [0.4, 0.5) is 5.69 Å². The number of carbonyl (C=O) groups is 2. The molecule has 4 rings (SSSR count). The SMILES string of the molecule is Cc1cccc(OCC(=O)N2CCN(S(=O)(=O)c3cc4c(cc3C)NC(=O)[C@@H](C)O4)CC2)c1. The third-order valence-corrected chi connectivity index (χ3v) is 7.81. The van der Waals surface area contributed by atoms with Crippen molar-refractivity contribution in [1.82, 2.24) is 9.21 Å². The van der Waals surface area contributed by atoms with Crippen molar-refractivity contribution in [3.05, 3.63) is 47.5 Å². The van der Waals surface area contributed by atoms with Gasteiger partial charge in [0, 0.05) is 32.2 Å². The van der Waals surface area contributed by atoms with Crippen LogP contribution in [0.15, 0.2) is 41.3 Å². The fourth-order valence-corrected chi connectivity index (χ4v) is 5.52. The summed E-state index contributed by atoms with van der Waals surface area (Å²) >= 11 is 0. The van der Waals surface area contributed by atoms with E-state index in [0.717, 1.165) is 5.56 Å². The van der Waals surface area contributed by atoms with Crippen molar-refractivity contribution in [2.75, 3.05) is 38.1 Å². The molecule has 0 bridgehead atoms. The third-order valence-electron chi connectivity index (χ3n) is 5.77. The van der Waals surface area contributed by atoms with Gasteiger partial charge in [-0.3, -0.25) is 9.59 Å². The summed E-state index contributed by atoms with van der Waals surface area (Å²) in [6.45, 7) is 6.06. The summed E-state index contributed by atoms with van der Waals surface area (Å²) in [6, 6.07) is 10.5. The molecule has 33 heavy (non-hydrogen) atoms. The van der Waals surface area contributed by atoms with Crippen molar-refractivity contribution in [3.8, 4) is 11.5 Å². The lowest BCUT2D eigenvalue weighted by Gasteiger charge is -2.34. The van der Waals surface area contributed by atoms with Crippen molar-refractivity contribution in [2.45, 2.75) is 31.8 Å². The van der Waals surface area contributed by atoms with E-state index < -0.39 is 16.1 Å². The molecule has 0 spiro atoms. The number of sulfonamides is 1. The van der Waals surface area contributed by atoms with Crippen LogP contribution in [0.5, 0.6) is 11.5 Å². The zero-order chi connectivity index (χ0) is 23.8. The standard InChI is InChI=1S/C23H27N3O6S/c1-15-5-4-6-18(11-15)31-14-22(27)25-7-9-26(10-8-25)33(29,30)21-13-20-19(12-16(21)2)24-23(28)17(3)32-20/h4-6,11-13,17H,7-10,14H2,1-3H3,(H,24,28)/t17-/m1/s1. The number of fused-ring (bicyclic) bond motifs is 1. The lowest BCUT2D eigenvalue weighted by atomic mass is 10.1. The maximum absolute atomic E-state index is 13.3. The summed E-state index contributed by atoms with van der Waals surface area (Å²) in [5, 5.41) is 2.73. The maximum atomic E-state index is 13.3. The molecule has 176 valence electrons. The van der Waals surface area contributed by atoms with Gasteiger partial charge in [-0.15, -0.1) is 0 Å². The van der Waals surface area contributed by atoms with Gasteiger partial charge in [-0.05, 0) is 50.1 Å². The van der Waals surface area contributed by atoms with Crippen LogP contribution in [0.25, 0.3) is 0 Å². The molecular formula is C23H27N3O6S. The highest BCUT2D eigenvalue weighted by Gasteiger charge is 2.33. The monoisotopic (exact) mass is 473 g/mol. The van der Waals surface area contributed by atoms with Gasteiger partial charge in [0.05, 0.1) is 10.6 Å². The molecule has 1 fully saturated rings. The molecule has 0 aliphatic carbocycles. The molecule has 2 aromatic rings. The van der Waals surface area contributed by atoms with Crippen molar-refractivity contribution in [2.24, 2.45) is 0 Å². The summed E-state index contributed by atoms with van der Waals surface area (Å²) < 4.78 is 39.2. The number of nitrogens with zero attached hydrogens (tertiary/aromatic N) is 2. The molecule has 2 amide bonds. The van der Waals surface area contributed by atoms with E-state index in [-0.39, 0.29) is 49.5 Å². The fraction of sp³-hybridized carbons (Fsp3) is 0.391. The van der Waals surface area contributed by atoms with Crippen LogP contribution in [0.2, 0.25) is 0 Å². The van der Waals surface area contributed by atoms with Crippen molar-refractivity contribution in [1.29, 1.82) is 0 Å². The number of nitrogens with one attached hydrogen (secondary N) is 1. The van der Waals surface area contributed by atoms with Crippen LogP contribution in [-0.2, 0) is 19.6 Å². The van der Waals surface area contributed by atoms with E-state index in [0.29, 0.717) is 22.7 Å². The number of anilines is 1. The number of piperazine rings is 1. The van der Waals surface area contributed by atoms with E-state index in [2.05, 4.69) is 5.32 Å². The van der Waals surface area contributed by atoms with E-state index in [1.165, 1.54) is 10.4 Å². The predicted octanol–water partition coefficient (Wildman–Crippen LogP) is 1.93. The van der Waals surface area contributed by atoms with Crippen molar-refractivity contribution < 1.29 is 27.5 Å². The minimum absolute atomic E-state index is 0.0959. The molecular weight excluding hydrogens is 446 g/mol. The van der Waals surface area contributed by atoms with Crippen LogP contribution in [0.3, 0.4) is 0 Å². The molecule has 2 aliphatic heterocycles. The van der Waals surface area contributed by atoms with Crippen LogP contribution in [-0.4, -0.2) is 68.3 Å². The van der Waals surface area contributed by atoms with Gasteiger partial charge < -0.3 is 19.7 Å². The second kappa shape index (κ2) is 9.03. The van der Waals surface area contributed by atoms with Crippen LogP contribution < -0.4 is 14.8 Å². The molecule has 2 aromatic carbocycles. The Morgan fingerprint density at radius 3 is 2.58 bits per heavy atom. The Morgan fingerprint density at radius 1 is 1.15 bits per heavy atom. The number of ether oxygens (including phenoxy) is 2. The minimum Gasteiger partial charge on any atom is -0.484 e. The Hall–Kier alpha value is -3.11. The van der Waals surface area contributed by atoms with Crippen LogP contribution in [0.1, 0.15) is 18.1 Å². The number of amides is 2. The first kappa shape index (κ1) is 23.1. The molecule has 10 heteroatoms. The van der Waals surface area contributed by atoms with E-state index in [9.17, 15) is 18.0 Å². The first-order chi connectivity index (χ1) is 15.6. The highest BCUT2D eigenvalue weighted by Crippen LogP contribution is 2.35. The van der Waals surface area contributed by atoms with Gasteiger partial charge in [-0.2, -0.15) is 4.31 Å². The average molecular weight is 474 g/mol. The fourth-order valence-electron chi connectivity index (χ4n) is 3.88. The predicted molar refractivity (Wildman–Crippen MR) is 122 cm³/mol. The highest BCUT2D eigenvalue weighted by molar-refractivity contribution is 7.89. The van der Waals surface area contributed by atoms with Gasteiger partial charge >= 0.3 is 0 Å².